The molecule has 116 valence electrons. The van der Waals surface area contributed by atoms with E-state index in [1.165, 1.54) is 11.3 Å². The van der Waals surface area contributed by atoms with E-state index in [-0.39, 0.29) is 6.04 Å². The van der Waals surface area contributed by atoms with Crippen LogP contribution in [0.3, 0.4) is 0 Å². The van der Waals surface area contributed by atoms with E-state index in [0.717, 1.165) is 23.3 Å². The first-order valence-corrected chi connectivity index (χ1v) is 9.32. The van der Waals surface area contributed by atoms with Gasteiger partial charge >= 0.3 is 0 Å². The lowest BCUT2D eigenvalue weighted by Gasteiger charge is -2.14. The molecule has 1 rings (SSSR count). The van der Waals surface area contributed by atoms with Crippen LogP contribution in [0.1, 0.15) is 44.1 Å². The van der Waals surface area contributed by atoms with Crippen molar-refractivity contribution in [3.05, 3.63) is 16.5 Å². The number of nitrogens with one attached hydrogen (secondary N) is 2. The molecular formula is C14H26N2O2S2. The van der Waals surface area contributed by atoms with Crippen molar-refractivity contribution < 1.29 is 8.42 Å². The SMILES string of the molecule is CNCc1sc(S(=O)(=O)NC(C)CCC(C)C)cc1C. The summed E-state index contributed by atoms with van der Waals surface area (Å²) >= 11 is 1.34. The molecule has 0 amide bonds. The highest BCUT2D eigenvalue weighted by atomic mass is 32.2. The normalized spacial score (nSPS) is 13.9. The summed E-state index contributed by atoms with van der Waals surface area (Å²) in [6.45, 7) is 8.87. The van der Waals surface area contributed by atoms with E-state index in [1.807, 2.05) is 20.9 Å². The number of hydrogen-bond acceptors (Lipinski definition) is 4. The van der Waals surface area contributed by atoms with Gasteiger partial charge in [0, 0.05) is 17.5 Å². The van der Waals surface area contributed by atoms with Crippen LogP contribution in [0.5, 0.6) is 0 Å². The Bertz CT molecular complexity index is 521. The van der Waals surface area contributed by atoms with Crippen molar-refractivity contribution in [3.8, 4) is 0 Å². The van der Waals surface area contributed by atoms with E-state index in [9.17, 15) is 8.42 Å². The third-order valence-electron chi connectivity index (χ3n) is 3.13. The van der Waals surface area contributed by atoms with Crippen LogP contribution in [0.2, 0.25) is 0 Å². The van der Waals surface area contributed by atoms with Crippen LogP contribution < -0.4 is 10.0 Å². The van der Waals surface area contributed by atoms with Crippen molar-refractivity contribution in [3.63, 3.8) is 0 Å². The monoisotopic (exact) mass is 318 g/mol. The number of thiophene rings is 1. The molecule has 0 saturated carbocycles. The zero-order valence-corrected chi connectivity index (χ0v) is 14.6. The first-order chi connectivity index (χ1) is 9.26. The van der Waals surface area contributed by atoms with Gasteiger partial charge in [0.05, 0.1) is 0 Å². The first kappa shape index (κ1) is 17.6. The summed E-state index contributed by atoms with van der Waals surface area (Å²) in [6.07, 6.45) is 1.89. The van der Waals surface area contributed by atoms with Crippen LogP contribution in [-0.4, -0.2) is 21.5 Å². The number of aryl methyl sites for hydroxylation is 1. The Morgan fingerprint density at radius 1 is 1.25 bits per heavy atom. The molecule has 1 heterocycles. The number of rotatable bonds is 8. The number of sulfonamides is 1. The Hall–Kier alpha value is -0.430. The summed E-state index contributed by atoms with van der Waals surface area (Å²) in [7, 11) is -1.53. The molecule has 4 nitrogen and oxygen atoms in total. The molecule has 1 aromatic heterocycles. The molecule has 0 aromatic carbocycles. The molecule has 0 saturated heterocycles. The number of hydrogen-bond donors (Lipinski definition) is 2. The van der Waals surface area contributed by atoms with Crippen LogP contribution >= 0.6 is 11.3 Å². The molecule has 0 radical (unpaired) electrons. The van der Waals surface area contributed by atoms with Crippen molar-refractivity contribution >= 4 is 21.4 Å². The minimum Gasteiger partial charge on any atom is -0.315 e. The average molecular weight is 319 g/mol. The summed E-state index contributed by atoms with van der Waals surface area (Å²) in [5.41, 5.74) is 1.03. The molecule has 0 spiro atoms. The van der Waals surface area contributed by atoms with E-state index in [1.54, 1.807) is 6.07 Å². The van der Waals surface area contributed by atoms with Crippen LogP contribution in [0, 0.1) is 12.8 Å². The van der Waals surface area contributed by atoms with Gasteiger partial charge in [0.1, 0.15) is 4.21 Å². The topological polar surface area (TPSA) is 58.2 Å². The molecule has 1 atom stereocenters. The molecule has 1 unspecified atom stereocenters. The van der Waals surface area contributed by atoms with Crippen molar-refractivity contribution in [1.82, 2.24) is 10.0 Å². The maximum absolute atomic E-state index is 12.3. The molecule has 2 N–H and O–H groups in total. The lowest BCUT2D eigenvalue weighted by Crippen LogP contribution is -2.32. The fourth-order valence-electron chi connectivity index (χ4n) is 1.92. The van der Waals surface area contributed by atoms with Crippen molar-refractivity contribution in [1.29, 1.82) is 0 Å². The van der Waals surface area contributed by atoms with Gasteiger partial charge in [-0.1, -0.05) is 13.8 Å². The van der Waals surface area contributed by atoms with Gasteiger partial charge in [0.25, 0.3) is 0 Å². The lowest BCUT2D eigenvalue weighted by molar-refractivity contribution is 0.486. The third kappa shape index (κ3) is 5.16. The standard InChI is InChI=1S/C14H26N2O2S2/c1-10(2)6-7-12(4)16-20(17,18)14-8-11(3)13(19-14)9-15-5/h8,10,12,15-16H,6-7,9H2,1-5H3. The highest BCUT2D eigenvalue weighted by molar-refractivity contribution is 7.91. The van der Waals surface area contributed by atoms with E-state index in [2.05, 4.69) is 23.9 Å². The van der Waals surface area contributed by atoms with Gasteiger partial charge in [-0.05, 0) is 51.3 Å². The molecule has 0 bridgehead atoms. The van der Waals surface area contributed by atoms with E-state index in [4.69, 9.17) is 0 Å². The molecule has 1 aromatic rings. The van der Waals surface area contributed by atoms with Gasteiger partial charge in [-0.3, -0.25) is 0 Å². The van der Waals surface area contributed by atoms with Crippen LogP contribution in [-0.2, 0) is 16.6 Å². The first-order valence-electron chi connectivity index (χ1n) is 7.02. The van der Waals surface area contributed by atoms with Crippen molar-refractivity contribution in [2.24, 2.45) is 5.92 Å². The van der Waals surface area contributed by atoms with Crippen molar-refractivity contribution in [2.75, 3.05) is 7.05 Å². The van der Waals surface area contributed by atoms with Crippen molar-refractivity contribution in [2.45, 2.75) is 57.3 Å². The largest absolute Gasteiger partial charge is 0.315 e. The summed E-state index contributed by atoms with van der Waals surface area (Å²) in [4.78, 5) is 1.07. The maximum atomic E-state index is 12.3. The van der Waals surface area contributed by atoms with Crippen LogP contribution in [0.25, 0.3) is 0 Å². The summed E-state index contributed by atoms with van der Waals surface area (Å²) in [6, 6.07) is 1.73. The fourth-order valence-corrected chi connectivity index (χ4v) is 4.82. The molecule has 6 heteroatoms. The molecule has 0 aliphatic rings. The van der Waals surface area contributed by atoms with Gasteiger partial charge in [-0.2, -0.15) is 0 Å². The second-order valence-corrected chi connectivity index (χ2v) is 8.77. The Morgan fingerprint density at radius 2 is 1.90 bits per heavy atom. The Morgan fingerprint density at radius 3 is 2.45 bits per heavy atom. The molecule has 20 heavy (non-hydrogen) atoms. The summed E-state index contributed by atoms with van der Waals surface area (Å²) < 4.78 is 27.9. The van der Waals surface area contributed by atoms with Gasteiger partial charge in [0.15, 0.2) is 0 Å². The zero-order valence-electron chi connectivity index (χ0n) is 13.0. The Labute approximate surface area is 127 Å². The predicted octanol–water partition coefficient (Wildman–Crippen LogP) is 2.88. The lowest BCUT2D eigenvalue weighted by atomic mass is 10.1. The fraction of sp³-hybridized carbons (Fsp3) is 0.714. The molecular weight excluding hydrogens is 292 g/mol. The summed E-state index contributed by atoms with van der Waals surface area (Å²) in [5.74, 6) is 0.591. The second kappa shape index (κ2) is 7.54. The smallest absolute Gasteiger partial charge is 0.250 e. The Balaban J connectivity index is 2.75. The van der Waals surface area contributed by atoms with E-state index >= 15 is 0 Å². The molecule has 0 fully saturated rings. The van der Waals surface area contributed by atoms with Crippen LogP contribution in [0.4, 0.5) is 0 Å². The van der Waals surface area contributed by atoms with Gasteiger partial charge < -0.3 is 5.32 Å². The molecule has 0 aliphatic heterocycles. The third-order valence-corrected chi connectivity index (χ3v) is 6.43. The minimum absolute atomic E-state index is 0.0300. The highest BCUT2D eigenvalue weighted by Gasteiger charge is 2.21. The molecule has 0 aliphatic carbocycles. The van der Waals surface area contributed by atoms with Gasteiger partial charge in [-0.25, -0.2) is 13.1 Å². The average Bonchev–Trinajstić information content (AvgIpc) is 2.69. The summed E-state index contributed by atoms with van der Waals surface area (Å²) in [5, 5.41) is 3.06. The van der Waals surface area contributed by atoms with Gasteiger partial charge in [-0.15, -0.1) is 11.3 Å². The highest BCUT2D eigenvalue weighted by Crippen LogP contribution is 2.26. The van der Waals surface area contributed by atoms with Gasteiger partial charge in [0.2, 0.25) is 10.0 Å². The van der Waals surface area contributed by atoms with Crippen LogP contribution in [0.15, 0.2) is 10.3 Å². The van der Waals surface area contributed by atoms with E-state index < -0.39 is 10.0 Å². The maximum Gasteiger partial charge on any atom is 0.250 e. The quantitative estimate of drug-likeness (QED) is 0.775. The Kier molecular flexibility index (Phi) is 6.64. The second-order valence-electron chi connectivity index (χ2n) is 5.70. The zero-order chi connectivity index (χ0) is 15.3. The predicted molar refractivity (Wildman–Crippen MR) is 85.7 cm³/mol. The van der Waals surface area contributed by atoms with E-state index in [0.29, 0.717) is 16.7 Å². The minimum atomic E-state index is -3.39.